The molecule has 0 saturated carbocycles. The predicted octanol–water partition coefficient (Wildman–Crippen LogP) is 2.89. The quantitative estimate of drug-likeness (QED) is 0.568. The minimum absolute atomic E-state index is 0.160. The first-order valence-corrected chi connectivity index (χ1v) is 10.0. The number of rotatable bonds is 7. The molecule has 1 amide bonds. The normalized spacial score (nSPS) is 15.0. The van der Waals surface area contributed by atoms with Crippen molar-refractivity contribution in [1.29, 1.82) is 0 Å². The Bertz CT molecular complexity index is 854. The minimum atomic E-state index is -0.425. The van der Waals surface area contributed by atoms with Gasteiger partial charge in [-0.05, 0) is 37.6 Å². The van der Waals surface area contributed by atoms with Gasteiger partial charge >= 0.3 is 5.97 Å². The highest BCUT2D eigenvalue weighted by Crippen LogP contribution is 2.30. The Morgan fingerprint density at radius 2 is 1.96 bits per heavy atom. The van der Waals surface area contributed by atoms with Crippen LogP contribution in [0.25, 0.3) is 0 Å². The second kappa shape index (κ2) is 9.50. The fourth-order valence-corrected chi connectivity index (χ4v) is 3.54. The van der Waals surface area contributed by atoms with Gasteiger partial charge in [0.2, 0.25) is 0 Å². The van der Waals surface area contributed by atoms with Crippen molar-refractivity contribution in [2.75, 3.05) is 25.5 Å². The number of carbonyl (C=O) groups is 2. The third-order valence-corrected chi connectivity index (χ3v) is 5.28. The number of fused-ring (bicyclic) bond motifs is 1. The van der Waals surface area contributed by atoms with E-state index in [4.69, 9.17) is 14.2 Å². The third-order valence-electron chi connectivity index (χ3n) is 4.13. The van der Waals surface area contributed by atoms with Crippen LogP contribution in [0.5, 0.6) is 11.5 Å². The zero-order valence-electron chi connectivity index (χ0n) is 15.9. The maximum atomic E-state index is 11.9. The molecule has 1 aliphatic heterocycles. The smallest absolute Gasteiger partial charge is 0.316 e. The zero-order chi connectivity index (χ0) is 19.9. The summed E-state index contributed by atoms with van der Waals surface area (Å²) in [7, 11) is 0. The lowest BCUT2D eigenvalue weighted by Crippen LogP contribution is -2.42. The molecule has 0 unspecified atom stereocenters. The van der Waals surface area contributed by atoms with E-state index in [9.17, 15) is 9.59 Å². The molecule has 3 rings (SSSR count). The highest BCUT2D eigenvalue weighted by atomic mass is 32.2. The molecule has 28 heavy (non-hydrogen) atoms. The Labute approximate surface area is 168 Å². The molecule has 0 saturated heterocycles. The molecular weight excluding hydrogens is 378 g/mol. The van der Waals surface area contributed by atoms with E-state index in [1.54, 1.807) is 0 Å². The van der Waals surface area contributed by atoms with E-state index in [1.807, 2.05) is 50.2 Å². The van der Waals surface area contributed by atoms with Crippen LogP contribution >= 0.6 is 11.8 Å². The van der Waals surface area contributed by atoms with Gasteiger partial charge in [-0.15, -0.1) is 11.8 Å². The highest BCUT2D eigenvalue weighted by molar-refractivity contribution is 8.00. The predicted molar refractivity (Wildman–Crippen MR) is 107 cm³/mol. The molecular formula is C21H23NO5S. The van der Waals surface area contributed by atoms with E-state index in [1.165, 1.54) is 17.3 Å². The van der Waals surface area contributed by atoms with Gasteiger partial charge in [-0.25, -0.2) is 0 Å². The zero-order valence-corrected chi connectivity index (χ0v) is 16.7. The van der Waals surface area contributed by atoms with Crippen LogP contribution in [0.15, 0.2) is 47.4 Å². The van der Waals surface area contributed by atoms with Gasteiger partial charge in [-0.1, -0.05) is 29.8 Å². The van der Waals surface area contributed by atoms with E-state index in [-0.39, 0.29) is 30.9 Å². The molecule has 2 aromatic carbocycles. The highest BCUT2D eigenvalue weighted by Gasteiger charge is 2.21. The van der Waals surface area contributed by atoms with Crippen LogP contribution in [0, 0.1) is 13.8 Å². The van der Waals surface area contributed by atoms with Crippen molar-refractivity contribution >= 4 is 23.6 Å². The average molecular weight is 401 g/mol. The van der Waals surface area contributed by atoms with E-state index in [0.29, 0.717) is 18.1 Å². The largest absolute Gasteiger partial charge is 0.486 e. The molecule has 0 radical (unpaired) electrons. The molecule has 1 N–H and O–H groups in total. The number of benzene rings is 2. The second-order valence-corrected chi connectivity index (χ2v) is 7.54. The number of hydrogen-bond donors (Lipinski definition) is 1. The van der Waals surface area contributed by atoms with Crippen LogP contribution in [0.1, 0.15) is 11.1 Å². The summed E-state index contributed by atoms with van der Waals surface area (Å²) in [6.07, 6.45) is -0.283. The second-order valence-electron chi connectivity index (χ2n) is 6.52. The van der Waals surface area contributed by atoms with Crippen molar-refractivity contribution in [2.45, 2.75) is 24.8 Å². The molecule has 1 atom stereocenters. The van der Waals surface area contributed by atoms with Gasteiger partial charge in [0.15, 0.2) is 18.1 Å². The third kappa shape index (κ3) is 5.66. The van der Waals surface area contributed by atoms with Gasteiger partial charge < -0.3 is 19.5 Å². The standard InChI is InChI=1S/C21H23NO5S/c1-14-7-8-19(15(2)9-14)28-13-21(24)26-12-20(23)22-10-16-11-25-17-5-3-4-6-18(17)27-16/h3-9,16H,10-13H2,1-2H3,(H,22,23)/t16-/m0/s1. The van der Waals surface area contributed by atoms with Gasteiger partial charge in [0.05, 0.1) is 12.3 Å². The van der Waals surface area contributed by atoms with Gasteiger partial charge in [-0.2, -0.15) is 0 Å². The lowest BCUT2D eigenvalue weighted by molar-refractivity contribution is -0.146. The van der Waals surface area contributed by atoms with Crippen molar-refractivity contribution in [3.8, 4) is 11.5 Å². The van der Waals surface area contributed by atoms with Gasteiger partial charge in [0.25, 0.3) is 5.91 Å². The van der Waals surface area contributed by atoms with E-state index in [2.05, 4.69) is 11.4 Å². The minimum Gasteiger partial charge on any atom is -0.486 e. The Balaban J connectivity index is 1.34. The summed E-state index contributed by atoms with van der Waals surface area (Å²) in [4.78, 5) is 24.8. The van der Waals surface area contributed by atoms with E-state index < -0.39 is 5.97 Å². The van der Waals surface area contributed by atoms with E-state index in [0.717, 1.165) is 10.5 Å². The lowest BCUT2D eigenvalue weighted by atomic mass is 10.2. The number of para-hydroxylation sites is 2. The van der Waals surface area contributed by atoms with Crippen molar-refractivity contribution in [3.63, 3.8) is 0 Å². The maximum Gasteiger partial charge on any atom is 0.316 e. The molecule has 1 aliphatic rings. The SMILES string of the molecule is Cc1ccc(SCC(=O)OCC(=O)NC[C@H]2COc3ccccc3O2)c(C)c1. The Hall–Kier alpha value is -2.67. The first-order chi connectivity index (χ1) is 13.5. The Morgan fingerprint density at radius 3 is 2.75 bits per heavy atom. The molecule has 6 nitrogen and oxygen atoms in total. The summed E-state index contributed by atoms with van der Waals surface area (Å²) >= 11 is 1.40. The molecule has 0 bridgehead atoms. The summed E-state index contributed by atoms with van der Waals surface area (Å²) in [5.74, 6) is 0.717. The number of hydrogen-bond acceptors (Lipinski definition) is 6. The number of aryl methyl sites for hydroxylation is 2. The molecule has 7 heteroatoms. The summed E-state index contributed by atoms with van der Waals surface area (Å²) in [6.45, 7) is 4.35. The summed E-state index contributed by atoms with van der Waals surface area (Å²) < 4.78 is 16.4. The molecule has 0 fully saturated rings. The summed E-state index contributed by atoms with van der Waals surface area (Å²) in [6, 6.07) is 13.4. The Morgan fingerprint density at radius 1 is 1.18 bits per heavy atom. The number of amides is 1. The molecule has 1 heterocycles. The summed E-state index contributed by atoms with van der Waals surface area (Å²) in [5, 5.41) is 2.70. The molecule has 148 valence electrons. The van der Waals surface area contributed by atoms with Crippen LogP contribution in [0.2, 0.25) is 0 Å². The maximum absolute atomic E-state index is 11.9. The topological polar surface area (TPSA) is 73.9 Å². The monoisotopic (exact) mass is 401 g/mol. The number of carbonyl (C=O) groups excluding carboxylic acids is 2. The number of esters is 1. The van der Waals surface area contributed by atoms with Crippen molar-refractivity contribution in [3.05, 3.63) is 53.6 Å². The molecule has 0 aliphatic carbocycles. The van der Waals surface area contributed by atoms with Crippen molar-refractivity contribution in [1.82, 2.24) is 5.32 Å². The summed E-state index contributed by atoms with van der Waals surface area (Å²) in [5.41, 5.74) is 2.30. The lowest BCUT2D eigenvalue weighted by Gasteiger charge is -2.26. The number of ether oxygens (including phenoxy) is 3. The van der Waals surface area contributed by atoms with Crippen LogP contribution in [-0.2, 0) is 14.3 Å². The van der Waals surface area contributed by atoms with Crippen molar-refractivity contribution in [2.24, 2.45) is 0 Å². The van der Waals surface area contributed by atoms with E-state index >= 15 is 0 Å². The van der Waals surface area contributed by atoms with Gasteiger partial charge in [-0.3, -0.25) is 9.59 Å². The Kier molecular flexibility index (Phi) is 6.81. The fraction of sp³-hybridized carbons (Fsp3) is 0.333. The molecule has 2 aromatic rings. The first-order valence-electron chi connectivity index (χ1n) is 9.02. The number of thioether (sulfide) groups is 1. The fourth-order valence-electron chi connectivity index (χ4n) is 2.73. The molecule has 0 aromatic heterocycles. The van der Waals surface area contributed by atoms with Crippen LogP contribution < -0.4 is 14.8 Å². The van der Waals surface area contributed by atoms with Crippen LogP contribution in [-0.4, -0.2) is 43.5 Å². The van der Waals surface area contributed by atoms with Crippen molar-refractivity contribution < 1.29 is 23.8 Å². The first kappa shape index (κ1) is 20.1. The van der Waals surface area contributed by atoms with Crippen LogP contribution in [0.3, 0.4) is 0 Å². The molecule has 0 spiro atoms. The average Bonchev–Trinajstić information content (AvgIpc) is 2.70. The van der Waals surface area contributed by atoms with Gasteiger partial charge in [0.1, 0.15) is 12.7 Å². The van der Waals surface area contributed by atoms with Gasteiger partial charge in [0, 0.05) is 4.90 Å². The number of nitrogens with one attached hydrogen (secondary N) is 1. The van der Waals surface area contributed by atoms with Crippen LogP contribution in [0.4, 0.5) is 0 Å².